The number of allylic oxidation sites excluding steroid dienone is 1. The molecule has 102 valence electrons. The Morgan fingerprint density at radius 2 is 1.71 bits per heavy atom. The average molecular weight is 275 g/mol. The zero-order valence-electron chi connectivity index (χ0n) is 11.2. The second-order valence-electron chi connectivity index (χ2n) is 4.64. The molecule has 0 radical (unpaired) electrons. The van der Waals surface area contributed by atoms with E-state index in [1.807, 2.05) is 60.7 Å². The summed E-state index contributed by atoms with van der Waals surface area (Å²) in [4.78, 5) is 15.8. The summed E-state index contributed by atoms with van der Waals surface area (Å²) in [5.41, 5.74) is 3.44. The summed E-state index contributed by atoms with van der Waals surface area (Å²) in [7, 11) is 0. The van der Waals surface area contributed by atoms with Crippen LogP contribution in [0.4, 0.5) is 0 Å². The van der Waals surface area contributed by atoms with Gasteiger partial charge in [0.25, 0.3) is 0 Å². The first-order valence-electron chi connectivity index (χ1n) is 6.58. The third-order valence-electron chi connectivity index (χ3n) is 3.36. The van der Waals surface area contributed by atoms with Crippen molar-refractivity contribution in [2.75, 3.05) is 0 Å². The van der Waals surface area contributed by atoms with Gasteiger partial charge in [0.15, 0.2) is 6.29 Å². The van der Waals surface area contributed by atoms with E-state index in [-0.39, 0.29) is 5.57 Å². The number of nitrogens with zero attached hydrogens (tertiary/aromatic N) is 1. The van der Waals surface area contributed by atoms with Gasteiger partial charge < -0.3 is 5.11 Å². The van der Waals surface area contributed by atoms with Gasteiger partial charge in [-0.05, 0) is 17.7 Å². The summed E-state index contributed by atoms with van der Waals surface area (Å²) in [6.07, 6.45) is 1.49. The van der Waals surface area contributed by atoms with Crippen molar-refractivity contribution in [1.29, 1.82) is 0 Å². The number of para-hydroxylation sites is 1. The Kier molecular flexibility index (Phi) is 3.48. The van der Waals surface area contributed by atoms with Crippen LogP contribution in [0.15, 0.2) is 66.9 Å². The standard InChI is InChI=1S/C18H13NO2/c20-11-14(12-21)16-10-18(13-6-2-1-3-7-13)19-17-9-5-4-8-15(16)17/h1-12,20H/b14-11+. The van der Waals surface area contributed by atoms with E-state index >= 15 is 0 Å². The van der Waals surface area contributed by atoms with Gasteiger partial charge in [-0.25, -0.2) is 4.98 Å². The molecule has 3 heteroatoms. The minimum Gasteiger partial charge on any atom is -0.515 e. The Bertz CT molecular complexity index is 823. The molecule has 1 heterocycles. The molecule has 0 saturated carbocycles. The molecule has 1 N–H and O–H groups in total. The molecule has 1 aromatic heterocycles. The van der Waals surface area contributed by atoms with Gasteiger partial charge >= 0.3 is 0 Å². The predicted octanol–water partition coefficient (Wildman–Crippen LogP) is 4.00. The third kappa shape index (κ3) is 2.41. The topological polar surface area (TPSA) is 50.2 Å². The molecule has 3 rings (SSSR count). The Labute approximate surface area is 122 Å². The summed E-state index contributed by atoms with van der Waals surface area (Å²) in [6.45, 7) is 0. The number of fused-ring (bicyclic) bond motifs is 1. The number of carbonyl (C=O) groups is 1. The lowest BCUT2D eigenvalue weighted by Gasteiger charge is -2.09. The molecule has 21 heavy (non-hydrogen) atoms. The van der Waals surface area contributed by atoms with Crippen LogP contribution in [-0.4, -0.2) is 16.4 Å². The molecule has 3 nitrogen and oxygen atoms in total. The molecule has 0 aliphatic heterocycles. The number of benzene rings is 2. The van der Waals surface area contributed by atoms with E-state index in [1.165, 1.54) is 0 Å². The van der Waals surface area contributed by atoms with Gasteiger partial charge in [-0.2, -0.15) is 0 Å². The summed E-state index contributed by atoms with van der Waals surface area (Å²) in [6, 6.07) is 19.1. The number of pyridine rings is 1. The first kappa shape index (κ1) is 13.1. The number of aromatic nitrogens is 1. The van der Waals surface area contributed by atoms with Gasteiger partial charge in [0.05, 0.1) is 23.0 Å². The molecule has 0 bridgehead atoms. The molecule has 3 aromatic rings. The Morgan fingerprint density at radius 3 is 2.43 bits per heavy atom. The van der Waals surface area contributed by atoms with Crippen LogP contribution < -0.4 is 0 Å². The van der Waals surface area contributed by atoms with Crippen molar-refractivity contribution < 1.29 is 9.90 Å². The van der Waals surface area contributed by atoms with Crippen molar-refractivity contribution >= 4 is 22.8 Å². The zero-order chi connectivity index (χ0) is 14.7. The molecular formula is C18H13NO2. The number of hydrogen-bond donors (Lipinski definition) is 1. The summed E-state index contributed by atoms with van der Waals surface area (Å²) in [5, 5.41) is 10.1. The Hall–Kier alpha value is -2.94. The van der Waals surface area contributed by atoms with E-state index in [1.54, 1.807) is 0 Å². The maximum Gasteiger partial charge on any atom is 0.153 e. The maximum absolute atomic E-state index is 11.2. The van der Waals surface area contributed by atoms with Gasteiger partial charge in [-0.3, -0.25) is 4.79 Å². The number of aldehydes is 1. The van der Waals surface area contributed by atoms with Crippen LogP contribution in [0.5, 0.6) is 0 Å². The highest BCUT2D eigenvalue weighted by Crippen LogP contribution is 2.28. The molecule has 0 aliphatic rings. The van der Waals surface area contributed by atoms with E-state index < -0.39 is 0 Å². The highest BCUT2D eigenvalue weighted by molar-refractivity contribution is 6.12. The monoisotopic (exact) mass is 275 g/mol. The molecular weight excluding hydrogens is 262 g/mol. The first-order valence-corrected chi connectivity index (χ1v) is 6.58. The third-order valence-corrected chi connectivity index (χ3v) is 3.36. The fraction of sp³-hybridized carbons (Fsp3) is 0. The number of aliphatic hydroxyl groups excluding tert-OH is 1. The second-order valence-corrected chi connectivity index (χ2v) is 4.64. The first-order chi connectivity index (χ1) is 10.3. The SMILES string of the molecule is O=C/C(=C\O)c1cc(-c2ccccc2)nc2ccccc12. The molecule has 0 saturated heterocycles. The lowest BCUT2D eigenvalue weighted by molar-refractivity contribution is -0.103. The lowest BCUT2D eigenvalue weighted by atomic mass is 9.99. The van der Waals surface area contributed by atoms with Crippen molar-refractivity contribution in [2.45, 2.75) is 0 Å². The fourth-order valence-electron chi connectivity index (χ4n) is 2.33. The van der Waals surface area contributed by atoms with Crippen molar-refractivity contribution in [3.05, 3.63) is 72.5 Å². The van der Waals surface area contributed by atoms with Crippen LogP contribution in [0.1, 0.15) is 5.56 Å². The highest BCUT2D eigenvalue weighted by Gasteiger charge is 2.10. The molecule has 0 atom stereocenters. The molecule has 0 amide bonds. The molecule has 0 fully saturated rings. The van der Waals surface area contributed by atoms with E-state index in [4.69, 9.17) is 0 Å². The molecule has 0 aliphatic carbocycles. The predicted molar refractivity (Wildman–Crippen MR) is 83.8 cm³/mol. The van der Waals surface area contributed by atoms with Gasteiger partial charge in [0, 0.05) is 10.9 Å². The maximum atomic E-state index is 11.2. The van der Waals surface area contributed by atoms with Crippen molar-refractivity contribution in [2.24, 2.45) is 0 Å². The van der Waals surface area contributed by atoms with Crippen LogP contribution >= 0.6 is 0 Å². The van der Waals surface area contributed by atoms with Gasteiger partial charge in [-0.15, -0.1) is 0 Å². The number of carbonyl (C=O) groups excluding carboxylic acids is 1. The van der Waals surface area contributed by atoms with Crippen LogP contribution in [0.2, 0.25) is 0 Å². The van der Waals surface area contributed by atoms with E-state index in [0.717, 1.165) is 28.4 Å². The fourth-order valence-corrected chi connectivity index (χ4v) is 2.33. The van der Waals surface area contributed by atoms with Crippen molar-refractivity contribution in [3.8, 4) is 11.3 Å². The lowest BCUT2D eigenvalue weighted by Crippen LogP contribution is -1.93. The molecule has 0 spiro atoms. The van der Waals surface area contributed by atoms with Gasteiger partial charge in [-0.1, -0.05) is 48.5 Å². The molecule has 2 aromatic carbocycles. The van der Waals surface area contributed by atoms with E-state index in [2.05, 4.69) is 4.98 Å². The normalized spacial score (nSPS) is 11.5. The van der Waals surface area contributed by atoms with Crippen LogP contribution in [0.25, 0.3) is 27.7 Å². The Morgan fingerprint density at radius 1 is 1.00 bits per heavy atom. The van der Waals surface area contributed by atoms with Crippen LogP contribution in [0.3, 0.4) is 0 Å². The minimum absolute atomic E-state index is 0.241. The smallest absolute Gasteiger partial charge is 0.153 e. The largest absolute Gasteiger partial charge is 0.515 e. The van der Waals surface area contributed by atoms with E-state index in [9.17, 15) is 9.90 Å². The Balaban J connectivity index is 2.32. The quantitative estimate of drug-likeness (QED) is 0.446. The summed E-state index contributed by atoms with van der Waals surface area (Å²) < 4.78 is 0. The van der Waals surface area contributed by atoms with Gasteiger partial charge in [0.1, 0.15) is 0 Å². The number of aliphatic hydroxyl groups is 1. The zero-order valence-corrected chi connectivity index (χ0v) is 11.2. The second kappa shape index (κ2) is 5.59. The molecule has 0 unspecified atom stereocenters. The van der Waals surface area contributed by atoms with Crippen LogP contribution in [0, 0.1) is 0 Å². The van der Waals surface area contributed by atoms with Crippen molar-refractivity contribution in [3.63, 3.8) is 0 Å². The van der Waals surface area contributed by atoms with Crippen molar-refractivity contribution in [1.82, 2.24) is 4.98 Å². The summed E-state index contributed by atoms with van der Waals surface area (Å²) in [5.74, 6) is 0. The number of hydrogen-bond acceptors (Lipinski definition) is 3. The average Bonchev–Trinajstić information content (AvgIpc) is 2.56. The van der Waals surface area contributed by atoms with Crippen LogP contribution in [-0.2, 0) is 4.79 Å². The number of rotatable bonds is 3. The van der Waals surface area contributed by atoms with Gasteiger partial charge in [0.2, 0.25) is 0 Å². The highest BCUT2D eigenvalue weighted by atomic mass is 16.2. The van der Waals surface area contributed by atoms with E-state index in [0.29, 0.717) is 11.8 Å². The summed E-state index contributed by atoms with van der Waals surface area (Å²) >= 11 is 0. The minimum atomic E-state index is 0.241.